The van der Waals surface area contributed by atoms with E-state index in [-0.39, 0.29) is 31.5 Å². The van der Waals surface area contributed by atoms with Crippen molar-refractivity contribution in [2.24, 2.45) is 0 Å². The number of hydrogen-bond donors (Lipinski definition) is 1. The predicted molar refractivity (Wildman–Crippen MR) is 108 cm³/mol. The fourth-order valence-electron chi connectivity index (χ4n) is 3.39. The van der Waals surface area contributed by atoms with Crippen molar-refractivity contribution in [3.8, 4) is 0 Å². The van der Waals surface area contributed by atoms with Crippen molar-refractivity contribution in [2.75, 3.05) is 29.9 Å². The van der Waals surface area contributed by atoms with Crippen LogP contribution in [0.5, 0.6) is 0 Å². The molecule has 0 unspecified atom stereocenters. The summed E-state index contributed by atoms with van der Waals surface area (Å²) in [6.07, 6.45) is -6.63. The van der Waals surface area contributed by atoms with Gasteiger partial charge in [0.1, 0.15) is 5.82 Å². The summed E-state index contributed by atoms with van der Waals surface area (Å²) < 4.78 is 76.6. The molecule has 3 rings (SSSR count). The van der Waals surface area contributed by atoms with Crippen LogP contribution in [0, 0.1) is 0 Å². The van der Waals surface area contributed by atoms with Gasteiger partial charge in [-0.1, -0.05) is 18.2 Å². The van der Waals surface area contributed by atoms with Crippen molar-refractivity contribution >= 4 is 23.6 Å². The second-order valence-corrected chi connectivity index (χ2v) is 7.29. The second kappa shape index (κ2) is 9.09. The standard InChI is InChI=1S/C21H20F6N4O/c1-14-13-30(18-17(21(25,26)27)3-2-10-28-18)11-12-31(14)19(32)29-16-6-4-15(5-7-16)8-9-20(22,23)24/h2-10,14H,11-13H2,1H3,(H,29,32)/t14-/m1/s1. The number of alkyl halides is 6. The number of amides is 2. The molecule has 1 aromatic carbocycles. The third kappa shape index (κ3) is 5.92. The fraction of sp³-hybridized carbons (Fsp3) is 0.333. The number of carbonyl (C=O) groups is 1. The molecular formula is C21H20F6N4O. The van der Waals surface area contributed by atoms with E-state index >= 15 is 0 Å². The lowest BCUT2D eigenvalue weighted by Gasteiger charge is -2.40. The van der Waals surface area contributed by atoms with Crippen LogP contribution in [0.15, 0.2) is 48.7 Å². The SMILES string of the molecule is C[C@@H]1CN(c2ncccc2C(F)(F)F)CCN1C(=O)Nc1ccc(C=CC(F)(F)F)cc1. The van der Waals surface area contributed by atoms with Gasteiger partial charge in [0.05, 0.1) is 5.56 Å². The van der Waals surface area contributed by atoms with Crippen LogP contribution >= 0.6 is 0 Å². The Kier molecular flexibility index (Phi) is 6.65. The number of benzene rings is 1. The molecule has 1 aliphatic heterocycles. The molecule has 1 atom stereocenters. The lowest BCUT2D eigenvalue weighted by atomic mass is 10.1. The Morgan fingerprint density at radius 1 is 1.09 bits per heavy atom. The van der Waals surface area contributed by atoms with Crippen LogP contribution in [-0.4, -0.2) is 47.8 Å². The number of carbonyl (C=O) groups excluding carboxylic acids is 1. The summed E-state index contributed by atoms with van der Waals surface area (Å²) in [5, 5.41) is 2.66. The molecule has 1 aromatic heterocycles. The molecule has 1 saturated heterocycles. The number of anilines is 2. The van der Waals surface area contributed by atoms with E-state index < -0.39 is 30.0 Å². The Morgan fingerprint density at radius 2 is 1.78 bits per heavy atom. The van der Waals surface area contributed by atoms with Crippen LogP contribution in [0.1, 0.15) is 18.1 Å². The van der Waals surface area contributed by atoms with Crippen LogP contribution in [0.25, 0.3) is 6.08 Å². The zero-order chi connectivity index (χ0) is 23.5. The highest BCUT2D eigenvalue weighted by Crippen LogP contribution is 2.35. The average molecular weight is 458 g/mol. The number of aromatic nitrogens is 1. The highest BCUT2D eigenvalue weighted by atomic mass is 19.4. The molecule has 32 heavy (non-hydrogen) atoms. The normalized spacial score (nSPS) is 17.7. The van der Waals surface area contributed by atoms with Gasteiger partial charge in [-0.05, 0) is 36.8 Å². The number of piperazine rings is 1. The molecule has 5 nitrogen and oxygen atoms in total. The van der Waals surface area contributed by atoms with Crippen molar-refractivity contribution in [2.45, 2.75) is 25.3 Å². The van der Waals surface area contributed by atoms with Gasteiger partial charge in [-0.3, -0.25) is 0 Å². The van der Waals surface area contributed by atoms with Crippen LogP contribution in [-0.2, 0) is 6.18 Å². The molecule has 0 saturated carbocycles. The van der Waals surface area contributed by atoms with Crippen molar-refractivity contribution in [1.29, 1.82) is 0 Å². The smallest absolute Gasteiger partial charge is 0.352 e. The van der Waals surface area contributed by atoms with E-state index in [1.54, 1.807) is 6.92 Å². The lowest BCUT2D eigenvalue weighted by molar-refractivity contribution is -0.137. The molecule has 2 amide bonds. The Balaban J connectivity index is 1.63. The highest BCUT2D eigenvalue weighted by molar-refractivity contribution is 5.89. The molecule has 0 bridgehead atoms. The zero-order valence-electron chi connectivity index (χ0n) is 16.9. The van der Waals surface area contributed by atoms with Crippen LogP contribution < -0.4 is 10.2 Å². The van der Waals surface area contributed by atoms with Gasteiger partial charge in [-0.15, -0.1) is 0 Å². The van der Waals surface area contributed by atoms with Crippen LogP contribution in [0.3, 0.4) is 0 Å². The maximum absolute atomic E-state index is 13.3. The summed E-state index contributed by atoms with van der Waals surface area (Å²) in [5.41, 5.74) is -0.124. The highest BCUT2D eigenvalue weighted by Gasteiger charge is 2.37. The molecule has 1 N–H and O–H groups in total. The number of allylic oxidation sites excluding steroid dienone is 1. The van der Waals surface area contributed by atoms with E-state index in [4.69, 9.17) is 0 Å². The first-order chi connectivity index (χ1) is 14.9. The summed E-state index contributed by atoms with van der Waals surface area (Å²) in [6.45, 7) is 2.22. The number of nitrogens with one attached hydrogen (secondary N) is 1. The Labute approximate surface area is 180 Å². The summed E-state index contributed by atoms with van der Waals surface area (Å²) in [6, 6.07) is 7.14. The molecule has 0 spiro atoms. The number of nitrogens with zero attached hydrogens (tertiary/aromatic N) is 3. The molecular weight excluding hydrogens is 438 g/mol. The summed E-state index contributed by atoms with van der Waals surface area (Å²) in [7, 11) is 0. The molecule has 2 aromatic rings. The zero-order valence-corrected chi connectivity index (χ0v) is 16.9. The fourth-order valence-corrected chi connectivity index (χ4v) is 3.39. The topological polar surface area (TPSA) is 48.5 Å². The quantitative estimate of drug-likeness (QED) is 0.625. The maximum atomic E-state index is 13.3. The largest absolute Gasteiger partial charge is 0.419 e. The molecule has 2 heterocycles. The number of urea groups is 1. The van der Waals surface area contributed by atoms with Crippen molar-refractivity contribution in [3.05, 3.63) is 59.8 Å². The van der Waals surface area contributed by atoms with Gasteiger partial charge in [-0.2, -0.15) is 26.3 Å². The van der Waals surface area contributed by atoms with Gasteiger partial charge in [0.25, 0.3) is 0 Å². The maximum Gasteiger partial charge on any atom is 0.419 e. The first-order valence-corrected chi connectivity index (χ1v) is 9.65. The summed E-state index contributed by atoms with van der Waals surface area (Å²) in [4.78, 5) is 19.5. The van der Waals surface area contributed by atoms with E-state index in [0.29, 0.717) is 11.3 Å². The number of halogens is 6. The third-order valence-corrected chi connectivity index (χ3v) is 4.91. The number of hydrogen-bond acceptors (Lipinski definition) is 3. The van der Waals surface area contributed by atoms with Gasteiger partial charge in [0.2, 0.25) is 0 Å². The van der Waals surface area contributed by atoms with Crippen LogP contribution in [0.4, 0.5) is 42.6 Å². The Bertz CT molecular complexity index is 971. The van der Waals surface area contributed by atoms with E-state index in [1.807, 2.05) is 0 Å². The van der Waals surface area contributed by atoms with Gasteiger partial charge in [-0.25, -0.2) is 9.78 Å². The van der Waals surface area contributed by atoms with E-state index in [0.717, 1.165) is 12.1 Å². The van der Waals surface area contributed by atoms with Crippen molar-refractivity contribution in [3.63, 3.8) is 0 Å². The molecule has 11 heteroatoms. The summed E-state index contributed by atoms with van der Waals surface area (Å²) >= 11 is 0. The van der Waals surface area contributed by atoms with Gasteiger partial charge in [0, 0.05) is 43.6 Å². The first-order valence-electron chi connectivity index (χ1n) is 9.65. The van der Waals surface area contributed by atoms with Gasteiger partial charge in [0.15, 0.2) is 0 Å². The van der Waals surface area contributed by atoms with Crippen LogP contribution in [0.2, 0.25) is 0 Å². The minimum absolute atomic E-state index is 0.119. The van der Waals surface area contributed by atoms with Crippen molar-refractivity contribution in [1.82, 2.24) is 9.88 Å². The minimum atomic E-state index is -4.54. The van der Waals surface area contributed by atoms with Gasteiger partial charge < -0.3 is 15.1 Å². The third-order valence-electron chi connectivity index (χ3n) is 4.91. The monoisotopic (exact) mass is 458 g/mol. The molecule has 0 aliphatic carbocycles. The summed E-state index contributed by atoms with van der Waals surface area (Å²) in [5.74, 6) is -0.172. The molecule has 172 valence electrons. The van der Waals surface area contributed by atoms with E-state index in [9.17, 15) is 31.1 Å². The molecule has 1 aliphatic rings. The predicted octanol–water partition coefficient (Wildman–Crippen LogP) is 5.42. The number of rotatable bonds is 3. The second-order valence-electron chi connectivity index (χ2n) is 7.29. The minimum Gasteiger partial charge on any atom is -0.352 e. The first kappa shape index (κ1) is 23.4. The Morgan fingerprint density at radius 3 is 2.38 bits per heavy atom. The van der Waals surface area contributed by atoms with E-state index in [2.05, 4.69) is 10.3 Å². The van der Waals surface area contributed by atoms with E-state index in [1.165, 1.54) is 46.3 Å². The number of pyridine rings is 1. The van der Waals surface area contributed by atoms with Crippen molar-refractivity contribution < 1.29 is 31.1 Å². The lowest BCUT2D eigenvalue weighted by Crippen LogP contribution is -2.55. The molecule has 1 fully saturated rings. The van der Waals surface area contributed by atoms with Gasteiger partial charge >= 0.3 is 18.4 Å². The molecule has 0 radical (unpaired) electrons. The average Bonchev–Trinajstić information content (AvgIpc) is 2.72. The Hall–Kier alpha value is -3.24.